The molecular weight excluding hydrogens is 142 g/mol. The standard InChI is InChI=1S/C7H7N3O/c11-4-6-7-3-8-5-10(7)2-1-9-6/h1-3,5,11H,4H2. The van der Waals surface area contributed by atoms with Crippen LogP contribution in [-0.2, 0) is 6.61 Å². The van der Waals surface area contributed by atoms with Gasteiger partial charge in [-0.25, -0.2) is 4.98 Å². The third-order valence-electron chi connectivity index (χ3n) is 1.57. The molecule has 2 heterocycles. The Balaban J connectivity index is 2.79. The Bertz CT molecular complexity index is 368. The molecule has 0 aliphatic carbocycles. The Morgan fingerprint density at radius 3 is 3.27 bits per heavy atom. The first-order valence-electron chi connectivity index (χ1n) is 3.28. The van der Waals surface area contributed by atoms with Gasteiger partial charge in [-0.15, -0.1) is 0 Å². The summed E-state index contributed by atoms with van der Waals surface area (Å²) in [7, 11) is 0. The second-order valence-electron chi connectivity index (χ2n) is 2.22. The molecule has 4 heteroatoms. The number of hydrogen-bond donors (Lipinski definition) is 1. The summed E-state index contributed by atoms with van der Waals surface area (Å²) in [6, 6.07) is 0. The van der Waals surface area contributed by atoms with E-state index in [4.69, 9.17) is 5.11 Å². The number of aromatic nitrogens is 3. The Morgan fingerprint density at radius 1 is 1.55 bits per heavy atom. The van der Waals surface area contributed by atoms with E-state index in [1.807, 2.05) is 4.40 Å². The van der Waals surface area contributed by atoms with Crippen LogP contribution in [0.4, 0.5) is 0 Å². The second-order valence-corrected chi connectivity index (χ2v) is 2.22. The fourth-order valence-corrected chi connectivity index (χ4v) is 1.03. The lowest BCUT2D eigenvalue weighted by molar-refractivity contribution is 0.278. The SMILES string of the molecule is OCc1nccn2cncc12. The van der Waals surface area contributed by atoms with Gasteiger partial charge in [-0.1, -0.05) is 0 Å². The number of aliphatic hydroxyl groups excluding tert-OH is 1. The van der Waals surface area contributed by atoms with Crippen LogP contribution in [0.25, 0.3) is 5.52 Å². The van der Waals surface area contributed by atoms with E-state index in [9.17, 15) is 0 Å². The second kappa shape index (κ2) is 2.32. The zero-order valence-corrected chi connectivity index (χ0v) is 5.81. The molecule has 11 heavy (non-hydrogen) atoms. The van der Waals surface area contributed by atoms with E-state index in [0.29, 0.717) is 5.69 Å². The summed E-state index contributed by atoms with van der Waals surface area (Å²) in [6.07, 6.45) is 6.79. The summed E-state index contributed by atoms with van der Waals surface area (Å²) in [5.41, 5.74) is 1.51. The predicted molar refractivity (Wildman–Crippen MR) is 38.9 cm³/mol. The van der Waals surface area contributed by atoms with Crippen LogP contribution in [0.5, 0.6) is 0 Å². The Labute approximate surface area is 63.1 Å². The lowest BCUT2D eigenvalue weighted by Crippen LogP contribution is -1.93. The molecule has 0 radical (unpaired) electrons. The molecule has 1 N–H and O–H groups in total. The van der Waals surface area contributed by atoms with Crippen molar-refractivity contribution < 1.29 is 5.11 Å². The van der Waals surface area contributed by atoms with Gasteiger partial charge in [-0.05, 0) is 0 Å². The van der Waals surface area contributed by atoms with Crippen LogP contribution in [-0.4, -0.2) is 19.5 Å². The summed E-state index contributed by atoms with van der Waals surface area (Å²) in [6.45, 7) is -0.0456. The Hall–Kier alpha value is -1.42. The molecule has 56 valence electrons. The molecule has 0 unspecified atom stereocenters. The van der Waals surface area contributed by atoms with Crippen LogP contribution in [0.3, 0.4) is 0 Å². The molecule has 2 aromatic heterocycles. The molecule has 0 atom stereocenters. The van der Waals surface area contributed by atoms with Crippen molar-refractivity contribution in [2.75, 3.05) is 0 Å². The molecule has 0 saturated heterocycles. The molecule has 2 aromatic rings. The molecule has 2 rings (SSSR count). The van der Waals surface area contributed by atoms with Crippen molar-refractivity contribution in [2.24, 2.45) is 0 Å². The van der Waals surface area contributed by atoms with Gasteiger partial charge < -0.3 is 9.51 Å². The molecular formula is C7H7N3O. The molecule has 0 bridgehead atoms. The lowest BCUT2D eigenvalue weighted by atomic mass is 10.4. The number of imidazole rings is 1. The largest absolute Gasteiger partial charge is 0.390 e. The van der Waals surface area contributed by atoms with E-state index in [1.165, 1.54) is 0 Å². The van der Waals surface area contributed by atoms with Gasteiger partial charge in [0.25, 0.3) is 0 Å². The summed E-state index contributed by atoms with van der Waals surface area (Å²) in [5, 5.41) is 8.85. The lowest BCUT2D eigenvalue weighted by Gasteiger charge is -1.96. The average Bonchev–Trinajstić information content (AvgIpc) is 2.50. The van der Waals surface area contributed by atoms with E-state index < -0.39 is 0 Å². The van der Waals surface area contributed by atoms with Crippen LogP contribution >= 0.6 is 0 Å². The summed E-state index contributed by atoms with van der Waals surface area (Å²) >= 11 is 0. The molecule has 0 aliphatic rings. The van der Waals surface area contributed by atoms with E-state index >= 15 is 0 Å². The minimum atomic E-state index is -0.0456. The first-order chi connectivity index (χ1) is 5.42. The van der Waals surface area contributed by atoms with Crippen LogP contribution in [0.1, 0.15) is 5.69 Å². The van der Waals surface area contributed by atoms with Crippen LogP contribution in [0.15, 0.2) is 24.9 Å². The fourth-order valence-electron chi connectivity index (χ4n) is 1.03. The summed E-state index contributed by atoms with van der Waals surface area (Å²) < 4.78 is 1.82. The maximum absolute atomic E-state index is 8.85. The molecule has 0 aliphatic heterocycles. The minimum Gasteiger partial charge on any atom is -0.390 e. The van der Waals surface area contributed by atoms with Crippen LogP contribution < -0.4 is 0 Å². The van der Waals surface area contributed by atoms with Gasteiger partial charge in [0, 0.05) is 12.4 Å². The van der Waals surface area contributed by atoms with E-state index in [0.717, 1.165) is 5.52 Å². The Morgan fingerprint density at radius 2 is 2.45 bits per heavy atom. The van der Waals surface area contributed by atoms with Crippen molar-refractivity contribution >= 4 is 5.52 Å². The van der Waals surface area contributed by atoms with Crippen LogP contribution in [0, 0.1) is 0 Å². The molecule has 0 aromatic carbocycles. The molecule has 0 spiro atoms. The molecule has 0 amide bonds. The van der Waals surface area contributed by atoms with Crippen LogP contribution in [0.2, 0.25) is 0 Å². The highest BCUT2D eigenvalue weighted by Crippen LogP contribution is 2.05. The highest BCUT2D eigenvalue weighted by atomic mass is 16.3. The number of aliphatic hydroxyl groups is 1. The molecule has 4 nitrogen and oxygen atoms in total. The Kier molecular flexibility index (Phi) is 1.33. The summed E-state index contributed by atoms with van der Waals surface area (Å²) in [5.74, 6) is 0. The van der Waals surface area contributed by atoms with Gasteiger partial charge in [0.05, 0.1) is 30.3 Å². The smallest absolute Gasteiger partial charge is 0.0993 e. The monoisotopic (exact) mass is 149 g/mol. The third kappa shape index (κ3) is 0.877. The van der Waals surface area contributed by atoms with Crippen molar-refractivity contribution in [3.05, 3.63) is 30.6 Å². The van der Waals surface area contributed by atoms with Gasteiger partial charge in [-0.3, -0.25) is 4.98 Å². The van der Waals surface area contributed by atoms with Gasteiger partial charge in [-0.2, -0.15) is 0 Å². The highest BCUT2D eigenvalue weighted by molar-refractivity contribution is 5.48. The zero-order valence-electron chi connectivity index (χ0n) is 5.81. The third-order valence-corrected chi connectivity index (χ3v) is 1.57. The number of hydrogen-bond acceptors (Lipinski definition) is 3. The van der Waals surface area contributed by atoms with Gasteiger partial charge in [0.15, 0.2) is 0 Å². The van der Waals surface area contributed by atoms with E-state index in [-0.39, 0.29) is 6.61 Å². The number of fused-ring (bicyclic) bond motifs is 1. The van der Waals surface area contributed by atoms with Crippen molar-refractivity contribution in [1.29, 1.82) is 0 Å². The first-order valence-corrected chi connectivity index (χ1v) is 3.28. The maximum atomic E-state index is 8.85. The maximum Gasteiger partial charge on any atom is 0.0993 e. The molecule has 0 fully saturated rings. The highest BCUT2D eigenvalue weighted by Gasteiger charge is 1.99. The first kappa shape index (κ1) is 6.30. The van der Waals surface area contributed by atoms with Gasteiger partial charge in [0.1, 0.15) is 0 Å². The zero-order chi connectivity index (χ0) is 7.68. The van der Waals surface area contributed by atoms with Gasteiger partial charge in [0.2, 0.25) is 0 Å². The van der Waals surface area contributed by atoms with Crippen molar-refractivity contribution in [3.63, 3.8) is 0 Å². The van der Waals surface area contributed by atoms with Gasteiger partial charge >= 0.3 is 0 Å². The quantitative estimate of drug-likeness (QED) is 0.631. The van der Waals surface area contributed by atoms with E-state index in [1.54, 1.807) is 24.9 Å². The summed E-state index contributed by atoms with van der Waals surface area (Å²) in [4.78, 5) is 7.91. The molecule has 0 saturated carbocycles. The number of rotatable bonds is 1. The fraction of sp³-hybridized carbons (Fsp3) is 0.143. The predicted octanol–water partition coefficient (Wildman–Crippen LogP) is 0.222. The number of nitrogens with zero attached hydrogens (tertiary/aromatic N) is 3. The van der Waals surface area contributed by atoms with E-state index in [2.05, 4.69) is 9.97 Å². The van der Waals surface area contributed by atoms with Crippen molar-refractivity contribution in [3.8, 4) is 0 Å². The average molecular weight is 149 g/mol. The van der Waals surface area contributed by atoms with Crippen molar-refractivity contribution in [2.45, 2.75) is 6.61 Å². The normalized spacial score (nSPS) is 10.6. The minimum absolute atomic E-state index is 0.0456. The topological polar surface area (TPSA) is 50.4 Å². The van der Waals surface area contributed by atoms with Crippen molar-refractivity contribution in [1.82, 2.24) is 14.4 Å².